The molecule has 1 saturated heterocycles. The van der Waals surface area contributed by atoms with Gasteiger partial charge in [0.1, 0.15) is 0 Å². The van der Waals surface area contributed by atoms with Gasteiger partial charge < -0.3 is 4.89 Å². The van der Waals surface area contributed by atoms with Crippen molar-refractivity contribution in [3.8, 4) is 0 Å². The largest absolute Gasteiger partial charge is 0.340 e. The second-order valence-electron chi connectivity index (χ2n) is 2.09. The van der Waals surface area contributed by atoms with E-state index in [1.165, 1.54) is 4.67 Å². The second kappa shape index (κ2) is 3.20. The lowest BCUT2D eigenvalue weighted by atomic mass is 10.8. The van der Waals surface area contributed by atoms with Crippen LogP contribution in [0.25, 0.3) is 0 Å². The fourth-order valence-corrected chi connectivity index (χ4v) is 2.06. The number of hydrogen-bond donors (Lipinski definition) is 2. The molecule has 4 nitrogen and oxygen atoms in total. The number of halogens is 1. The van der Waals surface area contributed by atoms with Crippen molar-refractivity contribution in [1.29, 1.82) is 0 Å². The molecule has 0 radical (unpaired) electrons. The molecule has 1 aliphatic heterocycles. The maximum Gasteiger partial charge on any atom is 0.340 e. The molecule has 1 unspecified atom stereocenters. The van der Waals surface area contributed by atoms with Gasteiger partial charge in [0.05, 0.1) is 0 Å². The molecule has 1 heterocycles. The van der Waals surface area contributed by atoms with E-state index in [2.05, 4.69) is 5.09 Å². The molecule has 0 amide bonds. The summed E-state index contributed by atoms with van der Waals surface area (Å²) >= 11 is 5.32. The molecule has 1 rings (SSSR count). The standard InChI is InChI=1S/C4H10ClN2O2P/c5-1-2-6-10(8,9)7-3-4-7/h1-4H2,(H2,6,8,9). The van der Waals surface area contributed by atoms with E-state index >= 15 is 0 Å². The lowest BCUT2D eigenvalue weighted by molar-refractivity contribution is 0.428. The van der Waals surface area contributed by atoms with Crippen molar-refractivity contribution >= 4 is 19.3 Å². The Labute approximate surface area is 64.7 Å². The van der Waals surface area contributed by atoms with E-state index in [4.69, 9.17) is 16.5 Å². The highest BCUT2D eigenvalue weighted by Crippen LogP contribution is 2.45. The zero-order chi connectivity index (χ0) is 7.61. The molecule has 0 aromatic rings. The minimum absolute atomic E-state index is 0.360. The Morgan fingerprint density at radius 2 is 2.30 bits per heavy atom. The monoisotopic (exact) mass is 184 g/mol. The third-order valence-corrected chi connectivity index (χ3v) is 3.21. The van der Waals surface area contributed by atoms with E-state index in [9.17, 15) is 4.57 Å². The van der Waals surface area contributed by atoms with E-state index < -0.39 is 7.67 Å². The predicted molar refractivity (Wildman–Crippen MR) is 40.1 cm³/mol. The molecule has 0 bridgehead atoms. The average Bonchev–Trinajstić information content (AvgIpc) is 2.64. The summed E-state index contributed by atoms with van der Waals surface area (Å²) in [6.07, 6.45) is 0. The highest BCUT2D eigenvalue weighted by atomic mass is 35.5. The van der Waals surface area contributed by atoms with Gasteiger partial charge in [-0.25, -0.2) is 9.76 Å². The van der Waals surface area contributed by atoms with Crippen LogP contribution in [0.15, 0.2) is 0 Å². The molecule has 0 spiro atoms. The summed E-state index contributed by atoms with van der Waals surface area (Å²) in [5.41, 5.74) is 0. The van der Waals surface area contributed by atoms with Crippen LogP contribution in [0, 0.1) is 0 Å². The topological polar surface area (TPSA) is 52.3 Å². The van der Waals surface area contributed by atoms with Crippen molar-refractivity contribution in [2.75, 3.05) is 25.5 Å². The molecule has 0 aromatic carbocycles. The van der Waals surface area contributed by atoms with Gasteiger partial charge in [0.2, 0.25) is 0 Å². The molecule has 0 aromatic heterocycles. The van der Waals surface area contributed by atoms with E-state index in [1.54, 1.807) is 0 Å². The highest BCUT2D eigenvalue weighted by molar-refractivity contribution is 7.53. The molecule has 0 aliphatic carbocycles. The van der Waals surface area contributed by atoms with Crippen molar-refractivity contribution in [3.63, 3.8) is 0 Å². The molecular formula is C4H10ClN2O2P. The predicted octanol–water partition coefficient (Wildman–Crippen LogP) is 0.231. The molecule has 6 heteroatoms. The first-order chi connectivity index (χ1) is 4.67. The molecule has 1 fully saturated rings. The van der Waals surface area contributed by atoms with E-state index in [0.29, 0.717) is 25.5 Å². The number of rotatable bonds is 4. The maximum absolute atomic E-state index is 11.0. The molecule has 2 N–H and O–H groups in total. The zero-order valence-corrected chi connectivity index (χ0v) is 7.11. The van der Waals surface area contributed by atoms with Gasteiger partial charge in [-0.2, -0.15) is 0 Å². The van der Waals surface area contributed by atoms with Crippen molar-refractivity contribution in [2.24, 2.45) is 0 Å². The zero-order valence-electron chi connectivity index (χ0n) is 5.46. The van der Waals surface area contributed by atoms with Crippen LogP contribution >= 0.6 is 19.3 Å². The summed E-state index contributed by atoms with van der Waals surface area (Å²) in [6.45, 7) is 1.80. The summed E-state index contributed by atoms with van der Waals surface area (Å²) in [4.78, 5) is 9.10. The summed E-state index contributed by atoms with van der Waals surface area (Å²) in [5, 5.41) is 2.48. The minimum atomic E-state index is -3.17. The maximum atomic E-state index is 11.0. The van der Waals surface area contributed by atoms with Gasteiger partial charge in [0, 0.05) is 25.5 Å². The Kier molecular flexibility index (Phi) is 2.72. The van der Waals surface area contributed by atoms with E-state index in [-0.39, 0.29) is 0 Å². The molecule has 0 saturated carbocycles. The Balaban J connectivity index is 2.28. The molecule has 1 aliphatic rings. The summed E-state index contributed by atoms with van der Waals surface area (Å²) < 4.78 is 12.5. The van der Waals surface area contributed by atoms with Crippen LogP contribution in [0.1, 0.15) is 0 Å². The lowest BCUT2D eigenvalue weighted by Crippen LogP contribution is -2.17. The van der Waals surface area contributed by atoms with Crippen molar-refractivity contribution in [2.45, 2.75) is 0 Å². The van der Waals surface area contributed by atoms with E-state index in [0.717, 1.165) is 0 Å². The Hall–Kier alpha value is 0.400. The van der Waals surface area contributed by atoms with Crippen LogP contribution in [-0.4, -0.2) is 35.1 Å². The number of nitrogens with zero attached hydrogens (tertiary/aromatic N) is 1. The first kappa shape index (κ1) is 8.50. The van der Waals surface area contributed by atoms with Crippen LogP contribution in [0.5, 0.6) is 0 Å². The molecule has 10 heavy (non-hydrogen) atoms. The smallest absolute Gasteiger partial charge is 0.322 e. The van der Waals surface area contributed by atoms with Crippen LogP contribution in [-0.2, 0) is 4.57 Å². The molecule has 1 atom stereocenters. The summed E-state index contributed by atoms with van der Waals surface area (Å²) in [6, 6.07) is 0. The van der Waals surface area contributed by atoms with Gasteiger partial charge >= 0.3 is 7.67 Å². The van der Waals surface area contributed by atoms with Gasteiger partial charge in [-0.1, -0.05) is 0 Å². The van der Waals surface area contributed by atoms with Crippen LogP contribution in [0.2, 0.25) is 0 Å². The third-order valence-electron chi connectivity index (χ3n) is 1.22. The van der Waals surface area contributed by atoms with Crippen molar-refractivity contribution < 1.29 is 9.46 Å². The SMILES string of the molecule is O=P(O)(NCCCl)N1CC1. The average molecular weight is 185 g/mol. The van der Waals surface area contributed by atoms with Gasteiger partial charge in [-0.05, 0) is 0 Å². The van der Waals surface area contributed by atoms with Gasteiger partial charge in [-0.3, -0.25) is 4.57 Å². The number of nitrogens with one attached hydrogen (secondary N) is 1. The molecule has 60 valence electrons. The van der Waals surface area contributed by atoms with Gasteiger partial charge in [-0.15, -0.1) is 11.6 Å². The minimum Gasteiger partial charge on any atom is -0.322 e. The summed E-state index contributed by atoms with van der Waals surface area (Å²) in [7, 11) is -3.17. The van der Waals surface area contributed by atoms with Crippen molar-refractivity contribution in [3.05, 3.63) is 0 Å². The Morgan fingerprint density at radius 3 is 2.70 bits per heavy atom. The number of hydrogen-bond acceptors (Lipinski definition) is 1. The van der Waals surface area contributed by atoms with E-state index in [1.807, 2.05) is 0 Å². The van der Waals surface area contributed by atoms with Crippen LogP contribution in [0.4, 0.5) is 0 Å². The van der Waals surface area contributed by atoms with Crippen LogP contribution < -0.4 is 5.09 Å². The normalized spacial score (nSPS) is 24.2. The third kappa shape index (κ3) is 2.22. The Morgan fingerprint density at radius 1 is 1.70 bits per heavy atom. The Bertz CT molecular complexity index is 161. The van der Waals surface area contributed by atoms with Gasteiger partial charge in [0.15, 0.2) is 0 Å². The highest BCUT2D eigenvalue weighted by Gasteiger charge is 2.35. The number of alkyl halides is 1. The lowest BCUT2D eigenvalue weighted by Gasteiger charge is -2.11. The first-order valence-corrected chi connectivity index (χ1v) is 5.21. The first-order valence-electron chi connectivity index (χ1n) is 3.06. The second-order valence-corrected chi connectivity index (χ2v) is 4.44. The molecular weight excluding hydrogens is 174 g/mol. The fourth-order valence-electron chi connectivity index (χ4n) is 0.604. The van der Waals surface area contributed by atoms with Crippen molar-refractivity contribution in [1.82, 2.24) is 9.76 Å². The quantitative estimate of drug-likeness (QED) is 0.373. The van der Waals surface area contributed by atoms with Crippen LogP contribution in [0.3, 0.4) is 0 Å². The van der Waals surface area contributed by atoms with Gasteiger partial charge in [0.25, 0.3) is 0 Å². The summed E-state index contributed by atoms with van der Waals surface area (Å²) in [5.74, 6) is 0.360. The fraction of sp³-hybridized carbons (Fsp3) is 1.00.